The Morgan fingerprint density at radius 2 is 2.36 bits per heavy atom. The second kappa shape index (κ2) is 8.00. The number of aryl methyl sites for hydroxylation is 1. The standard InChI is InChI=1S/C20H19ClFN5S/c1-12-6-13(7-14(9-23)18(12)22)10-27-4-2-15(3-5-27)26-19-16-8-17(21)28-20(16)25-11-24-19/h6-8,11,15H,2-5,10H2,1H3,(H,24,25,26)/i2D2,3D2,8D,10D2,11D,15D/hD. The van der Waals surface area contributed by atoms with Crippen LogP contribution in [0, 0.1) is 24.1 Å². The van der Waals surface area contributed by atoms with Crippen molar-refractivity contribution in [2.24, 2.45) is 0 Å². The summed E-state index contributed by atoms with van der Waals surface area (Å²) < 4.78 is 99.8. The Bertz CT molecular complexity index is 1480. The lowest BCUT2D eigenvalue weighted by Gasteiger charge is -2.32. The van der Waals surface area contributed by atoms with Crippen molar-refractivity contribution in [1.29, 1.82) is 5.26 Å². The van der Waals surface area contributed by atoms with Crippen LogP contribution in [0.15, 0.2) is 24.5 Å². The van der Waals surface area contributed by atoms with E-state index < -0.39 is 61.9 Å². The number of halogens is 2. The smallest absolute Gasteiger partial charge is 0.162 e. The van der Waals surface area contributed by atoms with Crippen LogP contribution in [0.3, 0.4) is 0 Å². The van der Waals surface area contributed by atoms with Gasteiger partial charge >= 0.3 is 0 Å². The van der Waals surface area contributed by atoms with E-state index in [2.05, 4.69) is 9.97 Å². The molecule has 0 saturated carbocycles. The minimum atomic E-state index is -3.04. The summed E-state index contributed by atoms with van der Waals surface area (Å²) in [6.07, 6.45) is -6.50. The number of nitrogens with one attached hydrogen (secondary N) is 1. The van der Waals surface area contributed by atoms with E-state index in [1.807, 2.05) is 0 Å². The third-order valence-electron chi connectivity index (χ3n) is 3.91. The number of fused-ring (bicyclic) bond motifs is 1. The molecule has 144 valence electrons. The van der Waals surface area contributed by atoms with E-state index in [0.717, 1.165) is 28.4 Å². The molecule has 28 heavy (non-hydrogen) atoms. The molecule has 5 nitrogen and oxygen atoms in total. The molecule has 1 fully saturated rings. The minimum Gasteiger partial charge on any atom is -0.367 e. The number of hydrogen-bond donors (Lipinski definition) is 1. The second-order valence-electron chi connectivity index (χ2n) is 5.88. The fourth-order valence-electron chi connectivity index (χ4n) is 2.62. The van der Waals surface area contributed by atoms with Crippen molar-refractivity contribution in [3.8, 4) is 6.07 Å². The van der Waals surface area contributed by atoms with E-state index in [4.69, 9.17) is 25.3 Å². The molecule has 0 amide bonds. The van der Waals surface area contributed by atoms with Crippen molar-refractivity contribution in [3.63, 3.8) is 0 Å². The molecule has 4 rings (SSSR count). The van der Waals surface area contributed by atoms with Crippen LogP contribution in [0.2, 0.25) is 5.75 Å². The Balaban J connectivity index is 1.81. The average molecular weight is 426 g/mol. The van der Waals surface area contributed by atoms with Crippen LogP contribution < -0.4 is 5.31 Å². The van der Waals surface area contributed by atoms with Crippen molar-refractivity contribution in [2.75, 3.05) is 18.4 Å². The lowest BCUT2D eigenvalue weighted by Crippen LogP contribution is -2.38. The van der Waals surface area contributed by atoms with Crippen LogP contribution in [0.4, 0.5) is 10.2 Å². The molecule has 1 aliphatic heterocycles. The molecular formula is C20H19ClFN5S. The quantitative estimate of drug-likeness (QED) is 0.653. The molecule has 0 aliphatic carbocycles. The Morgan fingerprint density at radius 1 is 1.57 bits per heavy atom. The maximum Gasteiger partial charge on any atom is 0.162 e. The molecule has 0 bridgehead atoms. The maximum atomic E-state index is 14.2. The van der Waals surface area contributed by atoms with Crippen LogP contribution in [0.5, 0.6) is 0 Å². The first kappa shape index (κ1) is 10.5. The number of aromatic nitrogens is 2. The van der Waals surface area contributed by atoms with Crippen LogP contribution in [0.25, 0.3) is 10.2 Å². The van der Waals surface area contributed by atoms with Crippen molar-refractivity contribution < 1.29 is 18.1 Å². The highest BCUT2D eigenvalue weighted by Crippen LogP contribution is 2.32. The van der Waals surface area contributed by atoms with Gasteiger partial charge in [-0.25, -0.2) is 14.4 Å². The number of likely N-dealkylation sites (tertiary alicyclic amines) is 1. The highest BCUT2D eigenvalue weighted by Gasteiger charge is 2.21. The zero-order valence-corrected chi connectivity index (χ0v) is 16.0. The van der Waals surface area contributed by atoms with Gasteiger partial charge in [0.25, 0.3) is 0 Å². The molecule has 1 saturated heterocycles. The van der Waals surface area contributed by atoms with Gasteiger partial charge in [-0.1, -0.05) is 17.7 Å². The Morgan fingerprint density at radius 3 is 3.11 bits per heavy atom. The van der Waals surface area contributed by atoms with Crippen LogP contribution in [0.1, 0.15) is 41.8 Å². The molecule has 1 aromatic carbocycles. The highest BCUT2D eigenvalue weighted by atomic mass is 35.5. The lowest BCUT2D eigenvalue weighted by atomic mass is 10.0. The number of hydrogen-bond acceptors (Lipinski definition) is 6. The van der Waals surface area contributed by atoms with Crippen LogP contribution in [-0.4, -0.2) is 34.0 Å². The molecule has 2 aromatic heterocycles. The van der Waals surface area contributed by atoms with Gasteiger partial charge in [0.05, 0.1) is 18.0 Å². The van der Waals surface area contributed by atoms with Gasteiger partial charge in [0.15, 0.2) is 1.41 Å². The van der Waals surface area contributed by atoms with Crippen molar-refractivity contribution in [1.82, 2.24) is 14.9 Å². The number of nitriles is 1. The summed E-state index contributed by atoms with van der Waals surface area (Å²) in [5, 5.41) is 9.24. The van der Waals surface area contributed by atoms with Gasteiger partial charge in [-0.2, -0.15) is 5.26 Å². The molecule has 0 unspecified atom stereocenters. The summed E-state index contributed by atoms with van der Waals surface area (Å²) in [6.45, 7) is -3.02. The lowest BCUT2D eigenvalue weighted by molar-refractivity contribution is 0.211. The molecule has 0 radical (unpaired) electrons. The maximum absolute atomic E-state index is 14.2. The zero-order chi connectivity index (χ0) is 28.6. The van der Waals surface area contributed by atoms with Crippen molar-refractivity contribution >= 4 is 39.0 Å². The summed E-state index contributed by atoms with van der Waals surface area (Å²) >= 11 is 6.84. The number of nitrogens with zero attached hydrogens (tertiary/aromatic N) is 4. The first-order chi connectivity index (χ1) is 17.4. The summed E-state index contributed by atoms with van der Waals surface area (Å²) in [4.78, 5) is 8.47. The third-order valence-corrected chi connectivity index (χ3v) is 5.01. The van der Waals surface area contributed by atoms with Gasteiger partial charge in [0.2, 0.25) is 0 Å². The van der Waals surface area contributed by atoms with Gasteiger partial charge in [0, 0.05) is 33.8 Å². The van der Waals surface area contributed by atoms with Gasteiger partial charge in [-0.15, -0.1) is 11.3 Å². The number of piperidine rings is 1. The SMILES string of the molecule is [2H]c1nc(N([2H])C2([2H])C([2H])([2H])CN(C([2H])([2H])c3cc(C)c(F)c(C#N)c3)CC2([2H])[2H])c2c([2H])c(Cl)sc2n1. The van der Waals surface area contributed by atoms with Gasteiger partial charge in [-0.05, 0) is 42.9 Å². The monoisotopic (exact) mass is 425 g/mol. The molecule has 1 N–H and O–H groups in total. The van der Waals surface area contributed by atoms with Gasteiger partial charge < -0.3 is 5.31 Å². The third kappa shape index (κ3) is 3.95. The summed E-state index contributed by atoms with van der Waals surface area (Å²) in [6, 6.07) is 0.380. The fraction of sp³-hybridized carbons (Fsp3) is 0.350. The summed E-state index contributed by atoms with van der Waals surface area (Å²) in [5.74, 6) is -1.39. The summed E-state index contributed by atoms with van der Waals surface area (Å²) in [7, 11) is 0. The van der Waals surface area contributed by atoms with E-state index in [1.54, 1.807) is 6.07 Å². The number of benzene rings is 1. The summed E-state index contributed by atoms with van der Waals surface area (Å²) in [5.41, 5.74) is -0.667. The molecule has 3 heterocycles. The number of thiophene rings is 1. The number of anilines is 1. The Hall–Kier alpha value is -2.27. The van der Waals surface area contributed by atoms with Crippen LogP contribution in [-0.2, 0) is 6.50 Å². The fourth-order valence-corrected chi connectivity index (χ4v) is 3.59. The average Bonchev–Trinajstić information content (AvgIpc) is 3.10. The molecule has 3 aromatic rings. The minimum absolute atomic E-state index is 0.0299. The van der Waals surface area contributed by atoms with E-state index in [9.17, 15) is 9.65 Å². The molecule has 8 heteroatoms. The zero-order valence-electron chi connectivity index (χ0n) is 24.5. The molecule has 0 spiro atoms. The normalized spacial score (nSPS) is 26.1. The topological polar surface area (TPSA) is 64.8 Å². The Kier molecular flexibility index (Phi) is 3.00. The van der Waals surface area contributed by atoms with Crippen molar-refractivity contribution in [2.45, 2.75) is 32.2 Å². The van der Waals surface area contributed by atoms with Gasteiger partial charge in [0.1, 0.15) is 30.2 Å². The van der Waals surface area contributed by atoms with E-state index in [-0.39, 0.29) is 37.0 Å². The first-order valence-electron chi connectivity index (χ1n) is 13.0. The molecule has 1 aliphatic rings. The van der Waals surface area contributed by atoms with E-state index in [1.165, 1.54) is 6.92 Å². The highest BCUT2D eigenvalue weighted by molar-refractivity contribution is 7.22. The van der Waals surface area contributed by atoms with E-state index in [0.29, 0.717) is 0 Å². The van der Waals surface area contributed by atoms with E-state index >= 15 is 0 Å². The first-order valence-corrected chi connectivity index (χ1v) is 9.26. The van der Waals surface area contributed by atoms with Crippen LogP contribution >= 0.6 is 22.9 Å². The molecule has 0 atom stereocenters. The van der Waals surface area contributed by atoms with Crippen molar-refractivity contribution in [3.05, 3.63) is 51.3 Å². The van der Waals surface area contributed by atoms with Gasteiger partial charge in [-0.3, -0.25) is 4.90 Å². The predicted octanol–water partition coefficient (Wildman–Crippen LogP) is 4.74. The second-order valence-corrected chi connectivity index (χ2v) is 7.48. The Labute approximate surface area is 185 Å². The predicted molar refractivity (Wildman–Crippen MR) is 110 cm³/mol. The number of rotatable bonds is 4. The largest absolute Gasteiger partial charge is 0.367 e. The molecular weight excluding hydrogens is 397 g/mol.